The van der Waals surface area contributed by atoms with Crippen molar-refractivity contribution < 1.29 is 13.0 Å². The third-order valence-corrected chi connectivity index (χ3v) is 2.98. The normalized spacial score (nSPS) is 10.8. The van der Waals surface area contributed by atoms with Crippen molar-refractivity contribution in [3.05, 3.63) is 22.4 Å². The van der Waals surface area contributed by atoms with E-state index in [4.69, 9.17) is 4.55 Å². The van der Waals surface area contributed by atoms with E-state index in [0.717, 1.165) is 5.56 Å². The first-order valence-corrected chi connectivity index (χ1v) is 6.09. The third-order valence-electron chi connectivity index (χ3n) is 1.45. The second-order valence-corrected chi connectivity index (χ2v) is 4.87. The van der Waals surface area contributed by atoms with Gasteiger partial charge in [0, 0.05) is 0 Å². The zero-order valence-electron chi connectivity index (χ0n) is 6.43. The molecule has 0 aliphatic carbocycles. The molecule has 3 nitrogen and oxygen atoms in total. The zero-order valence-corrected chi connectivity index (χ0v) is 8.07. The Morgan fingerprint density at radius 3 is 2.62 bits per heavy atom. The van der Waals surface area contributed by atoms with Gasteiger partial charge in [0.1, 0.15) is 0 Å². The molecule has 0 radical (unpaired) electrons. The minimum absolute atomic E-state index is 0. The van der Waals surface area contributed by atoms with Gasteiger partial charge in [-0.05, 0) is 35.2 Å². The van der Waals surface area contributed by atoms with Crippen LogP contribution in [0, 0.1) is 0 Å². The van der Waals surface area contributed by atoms with Crippen LogP contribution in [0.3, 0.4) is 0 Å². The van der Waals surface area contributed by atoms with Crippen molar-refractivity contribution in [1.29, 1.82) is 0 Å². The van der Waals surface area contributed by atoms with Crippen LogP contribution in [0.1, 0.15) is 12.0 Å². The fourth-order valence-corrected chi connectivity index (χ4v) is 2.11. The van der Waals surface area contributed by atoms with E-state index < -0.39 is 10.1 Å². The number of aryl methyl sites for hydroxylation is 1. The SMILES string of the molecule is O=S(=O)(O)CCCc1ccsc1.[NaH]. The van der Waals surface area contributed by atoms with E-state index in [2.05, 4.69) is 0 Å². The monoisotopic (exact) mass is 230 g/mol. The van der Waals surface area contributed by atoms with E-state index in [-0.39, 0.29) is 35.3 Å². The average molecular weight is 230 g/mol. The number of hydrogen-bond acceptors (Lipinski definition) is 3. The maximum absolute atomic E-state index is 10.3. The van der Waals surface area contributed by atoms with E-state index in [1.807, 2.05) is 16.8 Å². The Kier molecular flexibility index (Phi) is 6.45. The fraction of sp³-hybridized carbons (Fsp3) is 0.429. The summed E-state index contributed by atoms with van der Waals surface area (Å²) in [5.74, 6) is -0.150. The molecular formula is C7H11NaO3S2. The van der Waals surface area contributed by atoms with Crippen LogP contribution in [0.2, 0.25) is 0 Å². The summed E-state index contributed by atoms with van der Waals surface area (Å²) in [7, 11) is -3.77. The molecule has 1 rings (SSSR count). The van der Waals surface area contributed by atoms with E-state index in [1.54, 1.807) is 11.3 Å². The second-order valence-electron chi connectivity index (χ2n) is 2.52. The Hall–Kier alpha value is 0.610. The summed E-state index contributed by atoms with van der Waals surface area (Å²) in [6, 6.07) is 1.95. The standard InChI is InChI=1S/C7H10O3S2.Na.H/c8-12(9,10)5-1-2-7-3-4-11-6-7;;/h3-4,6H,1-2,5H2,(H,8,9,10);;. The van der Waals surface area contributed by atoms with Gasteiger partial charge in [-0.25, -0.2) is 0 Å². The van der Waals surface area contributed by atoms with Crippen LogP contribution >= 0.6 is 11.3 Å². The topological polar surface area (TPSA) is 54.4 Å². The Labute approximate surface area is 104 Å². The number of hydrogen-bond donors (Lipinski definition) is 1. The molecule has 0 aliphatic heterocycles. The second kappa shape index (κ2) is 6.16. The molecule has 13 heavy (non-hydrogen) atoms. The molecule has 0 amide bonds. The van der Waals surface area contributed by atoms with Crippen molar-refractivity contribution in [2.24, 2.45) is 0 Å². The molecule has 0 fully saturated rings. The quantitative estimate of drug-likeness (QED) is 0.618. The van der Waals surface area contributed by atoms with Crippen LogP contribution in [0.5, 0.6) is 0 Å². The van der Waals surface area contributed by atoms with Crippen molar-refractivity contribution in [2.75, 3.05) is 5.75 Å². The van der Waals surface area contributed by atoms with Crippen LogP contribution in [-0.4, -0.2) is 48.3 Å². The van der Waals surface area contributed by atoms with Crippen molar-refractivity contribution >= 4 is 51.0 Å². The van der Waals surface area contributed by atoms with Gasteiger partial charge in [-0.15, -0.1) is 0 Å². The third kappa shape index (κ3) is 6.65. The van der Waals surface area contributed by atoms with Gasteiger partial charge in [0.15, 0.2) is 0 Å². The summed E-state index contributed by atoms with van der Waals surface area (Å²) in [6.45, 7) is 0. The predicted molar refractivity (Wildman–Crippen MR) is 56.2 cm³/mol. The maximum atomic E-state index is 10.3. The van der Waals surface area contributed by atoms with Crippen molar-refractivity contribution in [3.63, 3.8) is 0 Å². The Morgan fingerprint density at radius 2 is 2.15 bits per heavy atom. The van der Waals surface area contributed by atoms with Crippen molar-refractivity contribution in [1.82, 2.24) is 0 Å². The van der Waals surface area contributed by atoms with Gasteiger partial charge in [0.2, 0.25) is 0 Å². The summed E-state index contributed by atoms with van der Waals surface area (Å²) in [4.78, 5) is 0. The Morgan fingerprint density at radius 1 is 1.46 bits per heavy atom. The van der Waals surface area contributed by atoms with Gasteiger partial charge in [0.25, 0.3) is 10.1 Å². The Bertz CT molecular complexity index is 318. The molecule has 0 bridgehead atoms. The van der Waals surface area contributed by atoms with Crippen LogP contribution in [-0.2, 0) is 16.5 Å². The molecule has 1 N–H and O–H groups in total. The van der Waals surface area contributed by atoms with E-state index in [9.17, 15) is 8.42 Å². The zero-order chi connectivity index (χ0) is 9.03. The van der Waals surface area contributed by atoms with Crippen LogP contribution in [0.15, 0.2) is 16.8 Å². The van der Waals surface area contributed by atoms with Crippen molar-refractivity contribution in [2.45, 2.75) is 12.8 Å². The number of rotatable bonds is 4. The molecule has 6 heteroatoms. The Balaban J connectivity index is 0.00000144. The molecule has 0 atom stereocenters. The molecule has 0 aromatic carbocycles. The van der Waals surface area contributed by atoms with E-state index in [1.165, 1.54) is 0 Å². The molecule has 0 saturated carbocycles. The van der Waals surface area contributed by atoms with Gasteiger partial charge in [-0.1, -0.05) is 0 Å². The summed E-state index contributed by atoms with van der Waals surface area (Å²) in [6.07, 6.45) is 1.19. The summed E-state index contributed by atoms with van der Waals surface area (Å²) < 4.78 is 29.1. The molecule has 0 aliphatic rings. The van der Waals surface area contributed by atoms with Crippen LogP contribution in [0.25, 0.3) is 0 Å². The molecule has 0 saturated heterocycles. The predicted octanol–water partition coefficient (Wildman–Crippen LogP) is 0.920. The van der Waals surface area contributed by atoms with Gasteiger partial charge in [-0.2, -0.15) is 19.8 Å². The molecule has 1 aromatic heterocycles. The van der Waals surface area contributed by atoms with Crippen LogP contribution in [0.4, 0.5) is 0 Å². The molecule has 70 valence electrons. The molecule has 1 aromatic rings. The average Bonchev–Trinajstić information content (AvgIpc) is 2.36. The minimum atomic E-state index is -3.77. The molecule has 1 heterocycles. The first-order valence-electron chi connectivity index (χ1n) is 3.54. The van der Waals surface area contributed by atoms with Gasteiger partial charge in [-0.3, -0.25) is 4.55 Å². The van der Waals surface area contributed by atoms with Gasteiger partial charge < -0.3 is 0 Å². The molecule has 0 spiro atoms. The summed E-state index contributed by atoms with van der Waals surface area (Å²) in [5, 5.41) is 3.92. The molecule has 0 unspecified atom stereocenters. The van der Waals surface area contributed by atoms with Gasteiger partial charge in [0.05, 0.1) is 5.75 Å². The summed E-state index contributed by atoms with van der Waals surface area (Å²) in [5.41, 5.74) is 1.13. The fourth-order valence-electron chi connectivity index (χ4n) is 0.894. The molecular weight excluding hydrogens is 219 g/mol. The van der Waals surface area contributed by atoms with Gasteiger partial charge >= 0.3 is 29.6 Å². The van der Waals surface area contributed by atoms with E-state index in [0.29, 0.717) is 12.8 Å². The van der Waals surface area contributed by atoms with Crippen LogP contribution < -0.4 is 0 Å². The first-order chi connectivity index (χ1) is 5.58. The summed E-state index contributed by atoms with van der Waals surface area (Å²) >= 11 is 1.59. The van der Waals surface area contributed by atoms with E-state index >= 15 is 0 Å². The first kappa shape index (κ1) is 13.6. The number of thiophene rings is 1. The van der Waals surface area contributed by atoms with Crippen molar-refractivity contribution in [3.8, 4) is 0 Å².